The Morgan fingerprint density at radius 3 is 2.39 bits per heavy atom. The summed E-state index contributed by atoms with van der Waals surface area (Å²) in [6.45, 7) is 0. The third-order valence-corrected chi connectivity index (χ3v) is 6.51. The topological polar surface area (TPSA) is 105 Å². The number of nitrogens with zero attached hydrogens (tertiary/aromatic N) is 3. The molecular weight excluding hydrogens is 400 g/mol. The van der Waals surface area contributed by atoms with Crippen LogP contribution in [0.15, 0.2) is 68.8 Å². The summed E-state index contributed by atoms with van der Waals surface area (Å²) in [4.78, 5) is 13.2. The maximum Gasteiger partial charge on any atom is 0.322 e. The lowest BCUT2D eigenvalue weighted by atomic mass is 10.2. The van der Waals surface area contributed by atoms with Crippen molar-refractivity contribution >= 4 is 33.7 Å². The van der Waals surface area contributed by atoms with Gasteiger partial charge in [-0.3, -0.25) is 10.1 Å². The monoisotopic (exact) mass is 418 g/mol. The first kappa shape index (κ1) is 20.1. The van der Waals surface area contributed by atoms with Gasteiger partial charge in [0, 0.05) is 24.6 Å². The van der Waals surface area contributed by atoms with Crippen LogP contribution in [0.25, 0.3) is 11.5 Å². The molecule has 8 nitrogen and oxygen atoms in total. The van der Waals surface area contributed by atoms with Crippen molar-refractivity contribution in [1.82, 2.24) is 14.5 Å². The summed E-state index contributed by atoms with van der Waals surface area (Å²) >= 11 is 1.39. The minimum absolute atomic E-state index is 0.0151. The number of rotatable bonds is 7. The van der Waals surface area contributed by atoms with Gasteiger partial charge in [-0.1, -0.05) is 23.3 Å². The highest BCUT2D eigenvalue weighted by molar-refractivity contribution is 8.00. The summed E-state index contributed by atoms with van der Waals surface area (Å²) in [6.07, 6.45) is 0. The number of thioether (sulfide) groups is 1. The molecule has 0 saturated heterocycles. The van der Waals surface area contributed by atoms with Crippen molar-refractivity contribution in [2.24, 2.45) is 0 Å². The molecule has 0 fully saturated rings. The van der Waals surface area contributed by atoms with Crippen molar-refractivity contribution in [3.8, 4) is 11.5 Å². The average Bonchev–Trinajstić information content (AvgIpc) is 3.15. The fraction of sp³-hybridized carbons (Fsp3) is 0.167. The first-order valence-corrected chi connectivity index (χ1v) is 10.6. The van der Waals surface area contributed by atoms with E-state index in [1.807, 2.05) is 30.3 Å². The Kier molecular flexibility index (Phi) is 6.12. The molecule has 1 amide bonds. The predicted molar refractivity (Wildman–Crippen MR) is 106 cm³/mol. The van der Waals surface area contributed by atoms with Crippen molar-refractivity contribution in [3.63, 3.8) is 0 Å². The van der Waals surface area contributed by atoms with Crippen molar-refractivity contribution in [2.75, 3.05) is 25.2 Å². The molecule has 0 aliphatic carbocycles. The smallest absolute Gasteiger partial charge is 0.322 e. The molecule has 1 N–H and O–H groups in total. The number of carbonyl (C=O) groups is 1. The van der Waals surface area contributed by atoms with E-state index in [0.717, 1.165) is 9.20 Å². The van der Waals surface area contributed by atoms with Gasteiger partial charge < -0.3 is 4.42 Å². The maximum atomic E-state index is 12.1. The number of amides is 1. The molecule has 3 rings (SSSR count). The molecule has 3 aromatic rings. The van der Waals surface area contributed by atoms with Gasteiger partial charge in [0.1, 0.15) is 0 Å². The molecular formula is C18H18N4O4S2. The second-order valence-electron chi connectivity index (χ2n) is 5.87. The maximum absolute atomic E-state index is 12.1. The van der Waals surface area contributed by atoms with E-state index in [9.17, 15) is 13.2 Å². The molecule has 146 valence electrons. The molecule has 1 aromatic heterocycles. The zero-order chi connectivity index (χ0) is 20.1. The van der Waals surface area contributed by atoms with Gasteiger partial charge in [0.15, 0.2) is 0 Å². The Balaban J connectivity index is 1.63. The van der Waals surface area contributed by atoms with Gasteiger partial charge in [-0.2, -0.15) is 0 Å². The Labute approximate surface area is 167 Å². The minimum atomic E-state index is -3.51. The van der Waals surface area contributed by atoms with Gasteiger partial charge in [0.25, 0.3) is 0 Å². The molecule has 2 aromatic carbocycles. The normalized spacial score (nSPS) is 11.5. The Morgan fingerprint density at radius 1 is 1.07 bits per heavy atom. The standard InChI is InChI=1S/C18H18N4O4S2/c1-22(2)28(24,25)15-10-8-13(9-11-15)17-20-21-18(26-17)19-16(23)12-27-14-6-4-3-5-7-14/h3-11H,12H2,1-2H3,(H,19,21,23). The highest BCUT2D eigenvalue weighted by atomic mass is 32.2. The van der Waals surface area contributed by atoms with E-state index in [1.165, 1.54) is 38.0 Å². The van der Waals surface area contributed by atoms with Gasteiger partial charge in [0.05, 0.1) is 10.6 Å². The number of benzene rings is 2. The predicted octanol–water partition coefficient (Wildman–Crippen LogP) is 2.72. The molecule has 0 spiro atoms. The number of hydrogen-bond donors (Lipinski definition) is 1. The van der Waals surface area contributed by atoms with Crippen LogP contribution in [0.1, 0.15) is 0 Å². The van der Waals surface area contributed by atoms with Crippen molar-refractivity contribution < 1.29 is 17.6 Å². The van der Waals surface area contributed by atoms with Crippen LogP contribution >= 0.6 is 11.8 Å². The lowest BCUT2D eigenvalue weighted by Gasteiger charge is -2.11. The SMILES string of the molecule is CN(C)S(=O)(=O)c1ccc(-c2nnc(NC(=O)CSc3ccccc3)o2)cc1. The van der Waals surface area contributed by atoms with Crippen LogP contribution in [0, 0.1) is 0 Å². The summed E-state index contributed by atoms with van der Waals surface area (Å²) in [5, 5.41) is 10.2. The first-order chi connectivity index (χ1) is 13.4. The zero-order valence-electron chi connectivity index (χ0n) is 15.2. The minimum Gasteiger partial charge on any atom is -0.403 e. The van der Waals surface area contributed by atoms with Crippen LogP contribution in [0.2, 0.25) is 0 Å². The van der Waals surface area contributed by atoms with Crippen LogP contribution in [0.4, 0.5) is 6.01 Å². The van der Waals surface area contributed by atoms with Crippen LogP contribution in [0.3, 0.4) is 0 Å². The van der Waals surface area contributed by atoms with E-state index in [1.54, 1.807) is 12.1 Å². The molecule has 10 heteroatoms. The molecule has 0 atom stereocenters. The van der Waals surface area contributed by atoms with Crippen molar-refractivity contribution in [1.29, 1.82) is 0 Å². The van der Waals surface area contributed by atoms with E-state index in [-0.39, 0.29) is 28.5 Å². The number of anilines is 1. The van der Waals surface area contributed by atoms with Gasteiger partial charge in [-0.05, 0) is 36.4 Å². The molecule has 0 bridgehead atoms. The van der Waals surface area contributed by atoms with Crippen LogP contribution in [0.5, 0.6) is 0 Å². The Morgan fingerprint density at radius 2 is 1.75 bits per heavy atom. The summed E-state index contributed by atoms with van der Waals surface area (Å²) in [5.41, 5.74) is 0.546. The lowest BCUT2D eigenvalue weighted by Crippen LogP contribution is -2.22. The second kappa shape index (κ2) is 8.55. The lowest BCUT2D eigenvalue weighted by molar-refractivity contribution is -0.113. The first-order valence-electron chi connectivity index (χ1n) is 8.20. The third-order valence-electron chi connectivity index (χ3n) is 3.66. The molecule has 1 heterocycles. The number of sulfonamides is 1. The van der Waals surface area contributed by atoms with E-state index in [4.69, 9.17) is 4.42 Å². The average molecular weight is 419 g/mol. The highest BCUT2D eigenvalue weighted by Crippen LogP contribution is 2.23. The summed E-state index contributed by atoms with van der Waals surface area (Å²) in [5.74, 6) is 0.120. The van der Waals surface area contributed by atoms with Crippen molar-refractivity contribution in [2.45, 2.75) is 9.79 Å². The number of nitrogens with one attached hydrogen (secondary N) is 1. The van der Waals surface area contributed by atoms with Crippen LogP contribution < -0.4 is 5.32 Å². The van der Waals surface area contributed by atoms with E-state index in [2.05, 4.69) is 15.5 Å². The second-order valence-corrected chi connectivity index (χ2v) is 9.07. The molecule has 0 radical (unpaired) electrons. The Bertz CT molecular complexity index is 1050. The Hall–Kier alpha value is -2.69. The van der Waals surface area contributed by atoms with E-state index >= 15 is 0 Å². The van der Waals surface area contributed by atoms with E-state index in [0.29, 0.717) is 5.56 Å². The van der Waals surface area contributed by atoms with Gasteiger partial charge in [-0.15, -0.1) is 16.9 Å². The molecule has 0 aliphatic heterocycles. The largest absolute Gasteiger partial charge is 0.403 e. The third kappa shape index (κ3) is 4.77. The van der Waals surface area contributed by atoms with Gasteiger partial charge >= 0.3 is 6.01 Å². The van der Waals surface area contributed by atoms with Gasteiger partial charge in [0.2, 0.25) is 21.8 Å². The summed E-state index contributed by atoms with van der Waals surface area (Å²) < 4.78 is 30.8. The van der Waals surface area contributed by atoms with Crippen LogP contribution in [-0.4, -0.2) is 48.7 Å². The molecule has 28 heavy (non-hydrogen) atoms. The molecule has 0 saturated carbocycles. The van der Waals surface area contributed by atoms with Crippen molar-refractivity contribution in [3.05, 3.63) is 54.6 Å². The fourth-order valence-electron chi connectivity index (χ4n) is 2.19. The number of hydrogen-bond acceptors (Lipinski definition) is 7. The van der Waals surface area contributed by atoms with E-state index < -0.39 is 10.0 Å². The zero-order valence-corrected chi connectivity index (χ0v) is 16.8. The number of carbonyl (C=O) groups excluding carboxylic acids is 1. The molecule has 0 unspecified atom stereocenters. The molecule has 0 aliphatic rings. The highest BCUT2D eigenvalue weighted by Gasteiger charge is 2.18. The van der Waals surface area contributed by atoms with Gasteiger partial charge in [-0.25, -0.2) is 12.7 Å². The number of aromatic nitrogens is 2. The fourth-order valence-corrected chi connectivity index (χ4v) is 3.81. The summed E-state index contributed by atoms with van der Waals surface area (Å²) in [6, 6.07) is 15.6. The summed E-state index contributed by atoms with van der Waals surface area (Å²) in [7, 11) is -0.579. The quantitative estimate of drug-likeness (QED) is 0.588. The van der Waals surface area contributed by atoms with Crippen LogP contribution in [-0.2, 0) is 14.8 Å².